The summed E-state index contributed by atoms with van der Waals surface area (Å²) in [5.74, 6) is -0.729. The van der Waals surface area contributed by atoms with E-state index in [1.807, 2.05) is 14.1 Å². The minimum Gasteiger partial charge on any atom is -0.481 e. The molecule has 0 spiro atoms. The van der Waals surface area contributed by atoms with Crippen molar-refractivity contribution in [3.05, 3.63) is 0 Å². The molecule has 0 heterocycles. The van der Waals surface area contributed by atoms with Gasteiger partial charge >= 0.3 is 5.97 Å². The maximum Gasteiger partial charge on any atom is 0.306 e. The second-order valence-corrected chi connectivity index (χ2v) is 3.82. The molecular formula is C9H17NO2. The zero-order valence-corrected chi connectivity index (χ0v) is 7.79. The highest BCUT2D eigenvalue weighted by Gasteiger charge is 2.27. The lowest BCUT2D eigenvalue weighted by Crippen LogP contribution is -2.35. The van der Waals surface area contributed by atoms with Crippen LogP contribution in [0, 0.1) is 5.92 Å². The first kappa shape index (κ1) is 9.52. The molecule has 12 heavy (non-hydrogen) atoms. The third-order valence-corrected chi connectivity index (χ3v) is 2.73. The van der Waals surface area contributed by atoms with Crippen molar-refractivity contribution in [1.82, 2.24) is 4.90 Å². The quantitative estimate of drug-likeness (QED) is 0.678. The largest absolute Gasteiger partial charge is 0.481 e. The maximum atomic E-state index is 10.7. The Labute approximate surface area is 73.4 Å². The number of hydrogen-bond acceptors (Lipinski definition) is 2. The van der Waals surface area contributed by atoms with Crippen LogP contribution < -0.4 is 0 Å². The number of hydrogen-bond donors (Lipinski definition) is 1. The van der Waals surface area contributed by atoms with Gasteiger partial charge in [-0.1, -0.05) is 6.42 Å². The lowest BCUT2D eigenvalue weighted by Gasteiger charge is -2.31. The highest BCUT2D eigenvalue weighted by Crippen LogP contribution is 2.26. The van der Waals surface area contributed by atoms with Crippen molar-refractivity contribution in [2.45, 2.75) is 31.7 Å². The molecular weight excluding hydrogens is 154 g/mol. The first-order valence-electron chi connectivity index (χ1n) is 4.50. The van der Waals surface area contributed by atoms with E-state index >= 15 is 0 Å². The molecule has 0 aromatic heterocycles. The van der Waals surface area contributed by atoms with E-state index in [9.17, 15) is 4.79 Å². The second kappa shape index (κ2) is 3.90. The summed E-state index contributed by atoms with van der Waals surface area (Å²) in [5, 5.41) is 8.82. The minimum absolute atomic E-state index is 0.105. The minimum atomic E-state index is -0.624. The summed E-state index contributed by atoms with van der Waals surface area (Å²) in [5.41, 5.74) is 0. The topological polar surface area (TPSA) is 40.5 Å². The zero-order chi connectivity index (χ0) is 9.14. The standard InChI is InChI=1S/C9H17NO2/c1-10(2)8-5-3-4-7(6-8)9(11)12/h7-8H,3-6H2,1-2H3,(H,11,12)/t7-,8-/m1/s1. The van der Waals surface area contributed by atoms with Gasteiger partial charge in [0.2, 0.25) is 0 Å². The Bertz CT molecular complexity index is 168. The Morgan fingerprint density at radius 3 is 2.58 bits per heavy atom. The molecule has 3 nitrogen and oxygen atoms in total. The molecule has 1 aliphatic carbocycles. The zero-order valence-electron chi connectivity index (χ0n) is 7.79. The monoisotopic (exact) mass is 171 g/mol. The third-order valence-electron chi connectivity index (χ3n) is 2.73. The number of carboxylic acids is 1. The molecule has 0 aromatic rings. The summed E-state index contributed by atoms with van der Waals surface area (Å²) in [7, 11) is 4.05. The normalized spacial score (nSPS) is 30.6. The smallest absolute Gasteiger partial charge is 0.306 e. The van der Waals surface area contributed by atoms with E-state index in [1.54, 1.807) is 0 Å². The Hall–Kier alpha value is -0.570. The average Bonchev–Trinajstić information content (AvgIpc) is 2.04. The highest BCUT2D eigenvalue weighted by molar-refractivity contribution is 5.70. The van der Waals surface area contributed by atoms with Gasteiger partial charge in [-0.2, -0.15) is 0 Å². The number of nitrogens with zero attached hydrogens (tertiary/aromatic N) is 1. The molecule has 0 aromatic carbocycles. The Balaban J connectivity index is 2.46. The summed E-state index contributed by atoms with van der Waals surface area (Å²) >= 11 is 0. The molecule has 2 atom stereocenters. The molecule has 0 bridgehead atoms. The average molecular weight is 171 g/mol. The Morgan fingerprint density at radius 1 is 1.42 bits per heavy atom. The SMILES string of the molecule is CN(C)[C@@H]1CCC[C@@H](C(=O)O)C1. The van der Waals surface area contributed by atoms with Crippen LogP contribution in [-0.2, 0) is 4.79 Å². The molecule has 0 radical (unpaired) electrons. The fraction of sp³-hybridized carbons (Fsp3) is 0.889. The molecule has 1 aliphatic rings. The molecule has 1 fully saturated rings. The fourth-order valence-electron chi connectivity index (χ4n) is 1.86. The number of carbonyl (C=O) groups is 1. The van der Waals surface area contributed by atoms with Crippen LogP contribution in [0.25, 0.3) is 0 Å². The van der Waals surface area contributed by atoms with E-state index in [-0.39, 0.29) is 5.92 Å². The van der Waals surface area contributed by atoms with Gasteiger partial charge in [-0.3, -0.25) is 4.79 Å². The molecule has 0 unspecified atom stereocenters. The fourth-order valence-corrected chi connectivity index (χ4v) is 1.86. The van der Waals surface area contributed by atoms with Crippen LogP contribution in [0.2, 0.25) is 0 Å². The van der Waals surface area contributed by atoms with Crippen LogP contribution in [0.15, 0.2) is 0 Å². The summed E-state index contributed by atoms with van der Waals surface area (Å²) in [6.45, 7) is 0. The van der Waals surface area contributed by atoms with Crippen molar-refractivity contribution < 1.29 is 9.90 Å². The van der Waals surface area contributed by atoms with Crippen LogP contribution in [0.4, 0.5) is 0 Å². The maximum absolute atomic E-state index is 10.7. The van der Waals surface area contributed by atoms with Gasteiger partial charge in [-0.25, -0.2) is 0 Å². The molecule has 0 amide bonds. The summed E-state index contributed by atoms with van der Waals surface area (Å²) in [6.07, 6.45) is 3.89. The van der Waals surface area contributed by atoms with Crippen LogP contribution in [0.1, 0.15) is 25.7 Å². The van der Waals surface area contributed by atoms with Crippen molar-refractivity contribution in [3.63, 3.8) is 0 Å². The van der Waals surface area contributed by atoms with Gasteiger partial charge in [-0.05, 0) is 33.4 Å². The predicted octanol–water partition coefficient (Wildman–Crippen LogP) is 1.19. The molecule has 0 saturated heterocycles. The van der Waals surface area contributed by atoms with E-state index in [0.717, 1.165) is 25.7 Å². The van der Waals surface area contributed by atoms with E-state index in [1.165, 1.54) is 0 Å². The van der Waals surface area contributed by atoms with Crippen molar-refractivity contribution in [2.24, 2.45) is 5.92 Å². The van der Waals surface area contributed by atoms with Gasteiger partial charge in [0.25, 0.3) is 0 Å². The molecule has 1 N–H and O–H groups in total. The van der Waals surface area contributed by atoms with Crippen LogP contribution in [0.3, 0.4) is 0 Å². The lowest BCUT2D eigenvalue weighted by atomic mass is 9.85. The van der Waals surface area contributed by atoms with Gasteiger partial charge in [-0.15, -0.1) is 0 Å². The first-order valence-corrected chi connectivity index (χ1v) is 4.50. The lowest BCUT2D eigenvalue weighted by molar-refractivity contribution is -0.143. The number of aliphatic carboxylic acids is 1. The van der Waals surface area contributed by atoms with Crippen LogP contribution >= 0.6 is 0 Å². The van der Waals surface area contributed by atoms with Gasteiger partial charge < -0.3 is 10.0 Å². The Morgan fingerprint density at radius 2 is 2.08 bits per heavy atom. The summed E-state index contributed by atoms with van der Waals surface area (Å²) in [6, 6.07) is 0.472. The van der Waals surface area contributed by atoms with Gasteiger partial charge in [0.1, 0.15) is 0 Å². The highest BCUT2D eigenvalue weighted by atomic mass is 16.4. The summed E-state index contributed by atoms with van der Waals surface area (Å²) < 4.78 is 0. The van der Waals surface area contributed by atoms with Crippen molar-refractivity contribution in [1.29, 1.82) is 0 Å². The molecule has 3 heteroatoms. The van der Waals surface area contributed by atoms with E-state index < -0.39 is 5.97 Å². The number of carboxylic acid groups (broad SMARTS) is 1. The summed E-state index contributed by atoms with van der Waals surface area (Å²) in [4.78, 5) is 12.8. The molecule has 70 valence electrons. The Kier molecular flexibility index (Phi) is 3.09. The molecule has 1 saturated carbocycles. The molecule has 0 aliphatic heterocycles. The van der Waals surface area contributed by atoms with E-state index in [4.69, 9.17) is 5.11 Å². The van der Waals surface area contributed by atoms with E-state index in [0.29, 0.717) is 6.04 Å². The van der Waals surface area contributed by atoms with Gasteiger partial charge in [0.05, 0.1) is 5.92 Å². The van der Waals surface area contributed by atoms with Crippen molar-refractivity contribution >= 4 is 5.97 Å². The molecule has 1 rings (SSSR count). The predicted molar refractivity (Wildman–Crippen MR) is 47.1 cm³/mol. The van der Waals surface area contributed by atoms with Crippen LogP contribution in [-0.4, -0.2) is 36.1 Å². The van der Waals surface area contributed by atoms with Gasteiger partial charge in [0, 0.05) is 6.04 Å². The van der Waals surface area contributed by atoms with Crippen molar-refractivity contribution in [2.75, 3.05) is 14.1 Å². The van der Waals surface area contributed by atoms with E-state index in [2.05, 4.69) is 4.90 Å². The van der Waals surface area contributed by atoms with Gasteiger partial charge in [0.15, 0.2) is 0 Å². The number of rotatable bonds is 2. The second-order valence-electron chi connectivity index (χ2n) is 3.82. The van der Waals surface area contributed by atoms with Crippen molar-refractivity contribution in [3.8, 4) is 0 Å². The first-order chi connectivity index (χ1) is 5.61. The van der Waals surface area contributed by atoms with Crippen LogP contribution in [0.5, 0.6) is 0 Å². The third kappa shape index (κ3) is 2.21.